The Morgan fingerprint density at radius 3 is 1.81 bits per heavy atom. The highest BCUT2D eigenvalue weighted by Crippen LogP contribution is 2.23. The van der Waals surface area contributed by atoms with Crippen LogP contribution >= 0.6 is 11.6 Å². The molecule has 0 aliphatic carbocycles. The van der Waals surface area contributed by atoms with E-state index >= 15 is 0 Å². The molecule has 0 spiro atoms. The molecule has 3 rings (SSSR count). The lowest BCUT2D eigenvalue weighted by atomic mass is 9.92. The number of ketones is 1. The number of hydrogen-bond acceptors (Lipinski definition) is 4. The summed E-state index contributed by atoms with van der Waals surface area (Å²) in [6.07, 6.45) is 0.974. The Labute approximate surface area is 194 Å². The van der Waals surface area contributed by atoms with E-state index in [1.54, 1.807) is 24.3 Å². The molecular formula is C26H25ClO4S. The Hall–Kier alpha value is -2.76. The summed E-state index contributed by atoms with van der Waals surface area (Å²) in [5, 5.41) is -0.609. The molecule has 0 saturated carbocycles. The van der Waals surface area contributed by atoms with Gasteiger partial charge in [-0.3, -0.25) is 9.59 Å². The lowest BCUT2D eigenvalue weighted by Crippen LogP contribution is -2.25. The zero-order valence-electron chi connectivity index (χ0n) is 18.0. The summed E-state index contributed by atoms with van der Waals surface area (Å²) in [5.74, 6) is -1.27. The lowest BCUT2D eigenvalue weighted by molar-refractivity contribution is 0.0925. The number of rotatable bonds is 9. The van der Waals surface area contributed by atoms with Crippen molar-refractivity contribution in [1.29, 1.82) is 0 Å². The molecular weight excluding hydrogens is 444 g/mol. The first-order valence-electron chi connectivity index (χ1n) is 10.3. The molecule has 0 fully saturated rings. The molecule has 166 valence electrons. The number of sulfone groups is 1. The van der Waals surface area contributed by atoms with E-state index in [1.807, 2.05) is 38.1 Å². The van der Waals surface area contributed by atoms with E-state index in [4.69, 9.17) is 11.6 Å². The molecule has 0 aliphatic rings. The van der Waals surface area contributed by atoms with Crippen LogP contribution in [0.5, 0.6) is 0 Å². The van der Waals surface area contributed by atoms with Crippen molar-refractivity contribution in [1.82, 2.24) is 0 Å². The maximum atomic E-state index is 13.3. The summed E-state index contributed by atoms with van der Waals surface area (Å²) in [6.45, 7) is 3.89. The van der Waals surface area contributed by atoms with E-state index < -0.39 is 21.0 Å². The Bertz CT molecular complexity index is 1200. The zero-order chi connectivity index (χ0) is 23.3. The minimum Gasteiger partial charge on any atom is -0.294 e. The number of halogens is 1. The molecule has 1 unspecified atom stereocenters. The van der Waals surface area contributed by atoms with Crippen LogP contribution in [0.1, 0.15) is 43.8 Å². The van der Waals surface area contributed by atoms with Crippen LogP contribution in [0.3, 0.4) is 0 Å². The van der Waals surface area contributed by atoms with Gasteiger partial charge in [0.05, 0.1) is 10.6 Å². The maximum absolute atomic E-state index is 13.3. The third-order valence-electron chi connectivity index (χ3n) is 5.47. The van der Waals surface area contributed by atoms with Crippen LogP contribution in [-0.2, 0) is 16.3 Å². The standard InChI is InChI=1S/C26H25ClO4S/c1-18-3-7-20(8-4-18)9-10-23(17-32(30,31)24-15-5-19(2)6-16-24)25(28)21-11-13-22(14-12-21)26(27)29/h3-8,11-16,23H,9-10,17H2,1-2H3. The Morgan fingerprint density at radius 2 is 1.28 bits per heavy atom. The van der Waals surface area contributed by atoms with Crippen molar-refractivity contribution < 1.29 is 18.0 Å². The van der Waals surface area contributed by atoms with E-state index in [0.29, 0.717) is 18.4 Å². The Balaban J connectivity index is 1.87. The molecule has 0 bridgehead atoms. The summed E-state index contributed by atoms with van der Waals surface area (Å²) in [7, 11) is -3.66. The third-order valence-corrected chi connectivity index (χ3v) is 7.52. The van der Waals surface area contributed by atoms with Crippen molar-refractivity contribution in [3.8, 4) is 0 Å². The highest BCUT2D eigenvalue weighted by atomic mass is 35.5. The van der Waals surface area contributed by atoms with E-state index in [1.165, 1.54) is 24.3 Å². The first kappa shape index (κ1) is 23.9. The predicted molar refractivity (Wildman–Crippen MR) is 127 cm³/mol. The van der Waals surface area contributed by atoms with Crippen LogP contribution in [-0.4, -0.2) is 25.2 Å². The monoisotopic (exact) mass is 468 g/mol. The number of carbonyl (C=O) groups is 2. The minimum atomic E-state index is -3.66. The van der Waals surface area contributed by atoms with Crippen molar-refractivity contribution in [3.05, 3.63) is 101 Å². The number of aryl methyl sites for hydroxylation is 3. The second-order valence-electron chi connectivity index (χ2n) is 8.03. The highest BCUT2D eigenvalue weighted by Gasteiger charge is 2.27. The number of carbonyl (C=O) groups excluding carboxylic acids is 2. The van der Waals surface area contributed by atoms with Gasteiger partial charge in [0.25, 0.3) is 5.24 Å². The quantitative estimate of drug-likeness (QED) is 0.303. The topological polar surface area (TPSA) is 68.3 Å². The second-order valence-corrected chi connectivity index (χ2v) is 10.4. The van der Waals surface area contributed by atoms with Gasteiger partial charge in [-0.2, -0.15) is 0 Å². The van der Waals surface area contributed by atoms with Gasteiger partial charge < -0.3 is 0 Å². The molecule has 0 heterocycles. The van der Waals surface area contributed by atoms with Crippen molar-refractivity contribution in [2.45, 2.75) is 31.6 Å². The molecule has 4 nitrogen and oxygen atoms in total. The third kappa shape index (κ3) is 6.15. The average Bonchev–Trinajstić information content (AvgIpc) is 2.77. The normalized spacial score (nSPS) is 12.3. The van der Waals surface area contributed by atoms with Crippen LogP contribution in [0.15, 0.2) is 77.7 Å². The number of Topliss-reactive ketones (excluding diaryl/α,β-unsaturated/α-hetero) is 1. The second kappa shape index (κ2) is 10.2. The van der Waals surface area contributed by atoms with Gasteiger partial charge >= 0.3 is 0 Å². The summed E-state index contributed by atoms with van der Waals surface area (Å²) < 4.78 is 26.1. The zero-order valence-corrected chi connectivity index (χ0v) is 19.6. The minimum absolute atomic E-state index is 0.208. The van der Waals surface area contributed by atoms with E-state index in [0.717, 1.165) is 16.7 Å². The molecule has 0 saturated heterocycles. The van der Waals surface area contributed by atoms with E-state index in [-0.39, 0.29) is 22.0 Å². The van der Waals surface area contributed by atoms with Crippen molar-refractivity contribution >= 4 is 32.5 Å². The predicted octanol–water partition coefficient (Wildman–Crippen LogP) is 5.59. The van der Waals surface area contributed by atoms with Crippen LogP contribution in [0.4, 0.5) is 0 Å². The maximum Gasteiger partial charge on any atom is 0.252 e. The van der Waals surface area contributed by atoms with Gasteiger partial charge in [0.2, 0.25) is 0 Å². The molecule has 32 heavy (non-hydrogen) atoms. The largest absolute Gasteiger partial charge is 0.294 e. The highest BCUT2D eigenvalue weighted by molar-refractivity contribution is 7.91. The SMILES string of the molecule is Cc1ccc(CCC(CS(=O)(=O)c2ccc(C)cc2)C(=O)c2ccc(C(=O)Cl)cc2)cc1. The van der Waals surface area contributed by atoms with Gasteiger partial charge in [-0.25, -0.2) is 8.42 Å². The van der Waals surface area contributed by atoms with E-state index in [9.17, 15) is 18.0 Å². The Kier molecular flexibility index (Phi) is 7.64. The lowest BCUT2D eigenvalue weighted by Gasteiger charge is -2.17. The number of benzene rings is 3. The molecule has 0 amide bonds. The molecule has 1 atom stereocenters. The summed E-state index contributed by atoms with van der Waals surface area (Å²) in [4.78, 5) is 24.8. The van der Waals surface area contributed by atoms with Crippen molar-refractivity contribution in [3.63, 3.8) is 0 Å². The molecule has 0 aliphatic heterocycles. The van der Waals surface area contributed by atoms with Crippen LogP contribution in [0.25, 0.3) is 0 Å². The molecule has 3 aromatic carbocycles. The summed E-state index contributed by atoms with van der Waals surface area (Å²) in [6, 6.07) is 20.6. The van der Waals surface area contributed by atoms with Crippen LogP contribution in [0, 0.1) is 19.8 Å². The van der Waals surface area contributed by atoms with Crippen molar-refractivity contribution in [2.24, 2.45) is 5.92 Å². The van der Waals surface area contributed by atoms with E-state index in [2.05, 4.69) is 0 Å². The molecule has 6 heteroatoms. The fraction of sp³-hybridized carbons (Fsp3) is 0.231. The van der Waals surface area contributed by atoms with Crippen LogP contribution < -0.4 is 0 Å². The molecule has 3 aromatic rings. The van der Waals surface area contributed by atoms with Gasteiger partial charge in [0.15, 0.2) is 15.6 Å². The first-order chi connectivity index (χ1) is 15.2. The van der Waals surface area contributed by atoms with Crippen molar-refractivity contribution in [2.75, 3.05) is 5.75 Å². The fourth-order valence-electron chi connectivity index (χ4n) is 3.49. The van der Waals surface area contributed by atoms with Gasteiger partial charge in [0, 0.05) is 17.0 Å². The van der Waals surface area contributed by atoms with Gasteiger partial charge in [0.1, 0.15) is 0 Å². The molecule has 0 aromatic heterocycles. The average molecular weight is 469 g/mol. The van der Waals surface area contributed by atoms with Gasteiger partial charge in [-0.1, -0.05) is 59.7 Å². The summed E-state index contributed by atoms with van der Waals surface area (Å²) >= 11 is 5.49. The fourth-order valence-corrected chi connectivity index (χ4v) is 5.21. The van der Waals surface area contributed by atoms with Crippen LogP contribution in [0.2, 0.25) is 0 Å². The first-order valence-corrected chi connectivity index (χ1v) is 12.4. The van der Waals surface area contributed by atoms with Gasteiger partial charge in [-0.05, 0) is 68.1 Å². The summed E-state index contributed by atoms with van der Waals surface area (Å²) in [5.41, 5.74) is 3.79. The molecule has 0 radical (unpaired) electrons. The molecule has 0 N–H and O–H groups in total. The number of hydrogen-bond donors (Lipinski definition) is 0. The van der Waals surface area contributed by atoms with Gasteiger partial charge in [-0.15, -0.1) is 0 Å². The smallest absolute Gasteiger partial charge is 0.252 e. The Morgan fingerprint density at radius 1 is 0.781 bits per heavy atom.